The normalized spacial score (nSPS) is 12.1. The third kappa shape index (κ3) is 5.58. The molecule has 4 heteroatoms. The first-order chi connectivity index (χ1) is 9.59. The van der Waals surface area contributed by atoms with E-state index in [9.17, 15) is 0 Å². The van der Waals surface area contributed by atoms with E-state index < -0.39 is 18.4 Å². The Balaban J connectivity index is 3.07. The van der Waals surface area contributed by atoms with Crippen LogP contribution in [0.15, 0.2) is 13.6 Å². The number of halogens is 2. The van der Waals surface area contributed by atoms with E-state index in [-0.39, 0.29) is 0 Å². The summed E-state index contributed by atoms with van der Waals surface area (Å²) in [5.74, 6) is 0. The summed E-state index contributed by atoms with van der Waals surface area (Å²) >= 11 is 7.25. The van der Waals surface area contributed by atoms with Crippen LogP contribution >= 0.6 is 43.2 Å². The molecule has 0 N–H and O–H groups in total. The van der Waals surface area contributed by atoms with Crippen molar-refractivity contribution in [3.63, 3.8) is 0 Å². The van der Waals surface area contributed by atoms with Crippen molar-refractivity contribution in [1.29, 1.82) is 0 Å². The molecule has 0 spiro atoms. The van der Waals surface area contributed by atoms with Crippen molar-refractivity contribution in [2.45, 2.75) is 72.6 Å². The zero-order valence-electron chi connectivity index (χ0n) is 13.1. The Hall–Kier alpha value is 1.46. The van der Waals surface area contributed by atoms with Gasteiger partial charge in [-0.15, -0.1) is 0 Å². The van der Waals surface area contributed by atoms with E-state index in [2.05, 4.69) is 58.7 Å². The summed E-state index contributed by atoms with van der Waals surface area (Å²) in [7, 11) is 0. The van der Waals surface area contributed by atoms with Crippen molar-refractivity contribution in [3.8, 4) is 0 Å². The molecule has 0 aliphatic rings. The first-order valence-electron chi connectivity index (χ1n) is 8.05. The minimum absolute atomic E-state index is 1.31. The van der Waals surface area contributed by atoms with Crippen LogP contribution in [-0.2, 0) is 0 Å². The van der Waals surface area contributed by atoms with Gasteiger partial charge in [0.2, 0.25) is 0 Å². The zero-order chi connectivity index (χ0) is 15.0. The van der Waals surface area contributed by atoms with Crippen molar-refractivity contribution in [1.82, 2.24) is 0 Å². The molecule has 116 valence electrons. The first kappa shape index (κ1) is 19.5. The third-order valence-corrected chi connectivity index (χ3v) is 23.8. The quantitative estimate of drug-likeness (QED) is 0.278. The summed E-state index contributed by atoms with van der Waals surface area (Å²) < 4.78 is 9.16. The predicted molar refractivity (Wildman–Crippen MR) is 104 cm³/mol. The number of hydrogen-bond acceptors (Lipinski definition) is 1. The molecule has 0 aliphatic heterocycles. The fourth-order valence-electron chi connectivity index (χ4n) is 3.03. The van der Waals surface area contributed by atoms with Gasteiger partial charge in [0.1, 0.15) is 0 Å². The van der Waals surface area contributed by atoms with Gasteiger partial charge in [0.05, 0.1) is 0 Å². The van der Waals surface area contributed by atoms with Crippen LogP contribution in [0.2, 0.25) is 13.3 Å². The Labute approximate surface area is 150 Å². The summed E-state index contributed by atoms with van der Waals surface area (Å²) in [6, 6.07) is 2.46. The molecule has 0 amide bonds. The van der Waals surface area contributed by atoms with E-state index in [1.165, 1.54) is 46.1 Å². The number of thiophene rings is 1. The Bertz CT molecular complexity index is 368. The average Bonchev–Trinajstić information content (AvgIpc) is 2.78. The van der Waals surface area contributed by atoms with E-state index in [1.807, 2.05) is 11.3 Å². The van der Waals surface area contributed by atoms with Gasteiger partial charge in [0.25, 0.3) is 0 Å². The Kier molecular flexibility index (Phi) is 10.0. The van der Waals surface area contributed by atoms with Gasteiger partial charge in [-0.05, 0) is 0 Å². The molecule has 0 bridgehead atoms. The molecular weight excluding hydrogens is 503 g/mol. The molecule has 0 radical (unpaired) electrons. The second-order valence-corrected chi connectivity index (χ2v) is 22.7. The summed E-state index contributed by atoms with van der Waals surface area (Å²) in [6.07, 6.45) is 8.34. The van der Waals surface area contributed by atoms with Crippen LogP contribution in [0, 0.1) is 0 Å². The molecule has 0 unspecified atom stereocenters. The second-order valence-electron chi connectivity index (χ2n) is 5.83. The molecule has 0 aromatic carbocycles. The third-order valence-electron chi connectivity index (χ3n) is 4.25. The molecule has 0 saturated heterocycles. The van der Waals surface area contributed by atoms with Gasteiger partial charge >= 0.3 is 151 Å². The van der Waals surface area contributed by atoms with E-state index in [0.717, 1.165) is 0 Å². The molecule has 20 heavy (non-hydrogen) atoms. The first-order valence-corrected chi connectivity index (χ1v) is 17.9. The molecule has 1 aromatic heterocycles. The van der Waals surface area contributed by atoms with E-state index in [0.29, 0.717) is 0 Å². The number of rotatable bonds is 10. The molecule has 1 rings (SSSR count). The number of hydrogen-bond donors (Lipinski definition) is 0. The molecule has 0 atom stereocenters. The van der Waals surface area contributed by atoms with Crippen LogP contribution in [0.4, 0.5) is 0 Å². The molecule has 1 heterocycles. The van der Waals surface area contributed by atoms with E-state index >= 15 is 0 Å². The van der Waals surface area contributed by atoms with Crippen molar-refractivity contribution >= 4 is 65.2 Å². The summed E-state index contributed by atoms with van der Waals surface area (Å²) in [4.78, 5) is 0. The Morgan fingerprint density at radius 2 is 1.35 bits per heavy atom. The van der Waals surface area contributed by atoms with Gasteiger partial charge in [-0.1, -0.05) is 0 Å². The summed E-state index contributed by atoms with van der Waals surface area (Å²) in [6.45, 7) is 7.03. The van der Waals surface area contributed by atoms with Crippen molar-refractivity contribution < 1.29 is 0 Å². The van der Waals surface area contributed by atoms with Gasteiger partial charge in [-0.3, -0.25) is 0 Å². The van der Waals surface area contributed by atoms with Gasteiger partial charge in [-0.25, -0.2) is 0 Å². The van der Waals surface area contributed by atoms with E-state index in [1.54, 1.807) is 16.9 Å². The van der Waals surface area contributed by atoms with Gasteiger partial charge in [-0.2, -0.15) is 0 Å². The average molecular weight is 531 g/mol. The maximum absolute atomic E-state index is 3.87. The SMILES string of the molecule is CCC[CH2][Sn]([CH2]CCC)([CH2]CCC)[c]1cc(Br)sc1Br. The van der Waals surface area contributed by atoms with Crippen LogP contribution in [0.3, 0.4) is 0 Å². The summed E-state index contributed by atoms with van der Waals surface area (Å²) in [5.41, 5.74) is 0. The fraction of sp³-hybridized carbons (Fsp3) is 0.750. The fourth-order valence-corrected chi connectivity index (χ4v) is 26.9. The zero-order valence-corrected chi connectivity index (χ0v) is 19.9. The Morgan fingerprint density at radius 3 is 1.65 bits per heavy atom. The van der Waals surface area contributed by atoms with Crippen molar-refractivity contribution in [2.24, 2.45) is 0 Å². The van der Waals surface area contributed by atoms with Gasteiger partial charge in [0, 0.05) is 0 Å². The standard InChI is InChI=1S/C4HBr2S.3C4H9.Sn/c5-3-1-2-4(6)7-3;3*1-3-4-2;/h1H;3*1,3-4H2,2H3;. The molecule has 0 fully saturated rings. The molecule has 0 aliphatic carbocycles. The van der Waals surface area contributed by atoms with Crippen LogP contribution in [-0.4, -0.2) is 18.4 Å². The van der Waals surface area contributed by atoms with Crippen LogP contribution in [0.25, 0.3) is 0 Å². The Morgan fingerprint density at radius 1 is 0.900 bits per heavy atom. The second kappa shape index (κ2) is 10.3. The molecule has 0 saturated carbocycles. The predicted octanol–water partition coefficient (Wildman–Crippen LogP) is 7.33. The van der Waals surface area contributed by atoms with E-state index in [4.69, 9.17) is 0 Å². The molecule has 0 nitrogen and oxygen atoms in total. The van der Waals surface area contributed by atoms with Crippen LogP contribution in [0.1, 0.15) is 59.3 Å². The van der Waals surface area contributed by atoms with Crippen LogP contribution in [0.5, 0.6) is 0 Å². The molecule has 1 aromatic rings. The van der Waals surface area contributed by atoms with Crippen LogP contribution < -0.4 is 3.58 Å². The van der Waals surface area contributed by atoms with Crippen molar-refractivity contribution in [2.75, 3.05) is 0 Å². The number of unbranched alkanes of at least 4 members (excludes halogenated alkanes) is 3. The maximum atomic E-state index is 3.87. The minimum atomic E-state index is -2.20. The topological polar surface area (TPSA) is 0 Å². The molecular formula is C16H28Br2SSn. The van der Waals surface area contributed by atoms with Crippen molar-refractivity contribution in [3.05, 3.63) is 13.6 Å². The summed E-state index contributed by atoms with van der Waals surface area (Å²) in [5, 5.41) is 0. The van der Waals surface area contributed by atoms with Gasteiger partial charge < -0.3 is 0 Å². The van der Waals surface area contributed by atoms with Gasteiger partial charge in [0.15, 0.2) is 0 Å². The monoisotopic (exact) mass is 530 g/mol.